The molecular formula is C14H19ClFNS. The number of hydrogen-bond acceptors (Lipinski definition) is 2. The number of halogens is 2. The van der Waals surface area contributed by atoms with E-state index in [9.17, 15) is 4.39 Å². The lowest BCUT2D eigenvalue weighted by molar-refractivity contribution is 0.425. The number of nitrogens with one attached hydrogen (secondary N) is 1. The van der Waals surface area contributed by atoms with Crippen molar-refractivity contribution in [2.75, 3.05) is 18.1 Å². The number of benzene rings is 1. The van der Waals surface area contributed by atoms with Crippen LogP contribution in [0.4, 0.5) is 4.39 Å². The summed E-state index contributed by atoms with van der Waals surface area (Å²) < 4.78 is 13.0. The van der Waals surface area contributed by atoms with Crippen LogP contribution in [0.5, 0.6) is 0 Å². The van der Waals surface area contributed by atoms with Crippen molar-refractivity contribution < 1.29 is 4.39 Å². The molecule has 2 rings (SSSR count). The summed E-state index contributed by atoms with van der Waals surface area (Å²) in [5.74, 6) is 2.67. The molecule has 1 saturated heterocycles. The Labute approximate surface area is 117 Å². The van der Waals surface area contributed by atoms with Crippen LogP contribution in [0.3, 0.4) is 0 Å². The van der Waals surface area contributed by atoms with E-state index in [2.05, 4.69) is 12.2 Å². The maximum Gasteiger partial charge on any atom is 0.124 e. The van der Waals surface area contributed by atoms with Gasteiger partial charge in [-0.15, -0.1) is 0 Å². The minimum Gasteiger partial charge on any atom is -0.313 e. The highest BCUT2D eigenvalue weighted by molar-refractivity contribution is 7.99. The second kappa shape index (κ2) is 6.78. The van der Waals surface area contributed by atoms with Crippen molar-refractivity contribution in [1.82, 2.24) is 5.32 Å². The van der Waals surface area contributed by atoms with Gasteiger partial charge in [-0.05, 0) is 48.8 Å². The Bertz CT molecular complexity index is 399. The van der Waals surface area contributed by atoms with Crippen LogP contribution in [0.25, 0.3) is 0 Å². The van der Waals surface area contributed by atoms with Crippen LogP contribution in [-0.4, -0.2) is 24.1 Å². The summed E-state index contributed by atoms with van der Waals surface area (Å²) >= 11 is 8.08. The molecule has 1 aromatic rings. The van der Waals surface area contributed by atoms with Crippen LogP contribution in [-0.2, 0) is 6.42 Å². The molecule has 2 unspecified atom stereocenters. The van der Waals surface area contributed by atoms with Crippen molar-refractivity contribution in [2.45, 2.75) is 25.8 Å². The SMILES string of the molecule is CCCNC1CSCC1Cc1ccc(F)cc1Cl. The Morgan fingerprint density at radius 3 is 3.00 bits per heavy atom. The molecule has 4 heteroatoms. The Kier molecular flexibility index (Phi) is 5.34. The van der Waals surface area contributed by atoms with Crippen LogP contribution in [0.15, 0.2) is 18.2 Å². The predicted molar refractivity (Wildman–Crippen MR) is 78.0 cm³/mol. The highest BCUT2D eigenvalue weighted by Gasteiger charge is 2.27. The van der Waals surface area contributed by atoms with Crippen molar-refractivity contribution in [1.29, 1.82) is 0 Å². The Morgan fingerprint density at radius 1 is 1.44 bits per heavy atom. The van der Waals surface area contributed by atoms with E-state index in [1.165, 1.54) is 17.9 Å². The predicted octanol–water partition coefficient (Wildman–Crippen LogP) is 3.75. The molecule has 1 aliphatic heterocycles. The van der Waals surface area contributed by atoms with Gasteiger partial charge in [0.25, 0.3) is 0 Å². The molecule has 0 amide bonds. The first-order valence-corrected chi connectivity index (χ1v) is 7.99. The Hall–Kier alpha value is -0.250. The van der Waals surface area contributed by atoms with E-state index in [0.717, 1.165) is 30.7 Å². The third kappa shape index (κ3) is 3.62. The van der Waals surface area contributed by atoms with Crippen LogP contribution < -0.4 is 5.32 Å². The molecule has 1 heterocycles. The summed E-state index contributed by atoms with van der Waals surface area (Å²) in [6.07, 6.45) is 2.10. The molecule has 0 aromatic heterocycles. The van der Waals surface area contributed by atoms with Gasteiger partial charge in [-0.3, -0.25) is 0 Å². The Balaban J connectivity index is 1.99. The van der Waals surface area contributed by atoms with Gasteiger partial charge in [-0.25, -0.2) is 4.39 Å². The quantitative estimate of drug-likeness (QED) is 0.885. The summed E-state index contributed by atoms with van der Waals surface area (Å²) in [6, 6.07) is 5.29. The lowest BCUT2D eigenvalue weighted by atomic mass is 9.95. The zero-order valence-electron chi connectivity index (χ0n) is 10.6. The lowest BCUT2D eigenvalue weighted by Gasteiger charge is -2.20. The van der Waals surface area contributed by atoms with Gasteiger partial charge in [0.05, 0.1) is 0 Å². The smallest absolute Gasteiger partial charge is 0.124 e. The second-order valence-electron chi connectivity index (χ2n) is 4.80. The van der Waals surface area contributed by atoms with Crippen LogP contribution in [0.1, 0.15) is 18.9 Å². The number of hydrogen-bond donors (Lipinski definition) is 1. The van der Waals surface area contributed by atoms with Crippen LogP contribution in [0, 0.1) is 11.7 Å². The molecular weight excluding hydrogens is 269 g/mol. The molecule has 100 valence electrons. The number of rotatable bonds is 5. The molecule has 0 spiro atoms. The third-order valence-electron chi connectivity index (χ3n) is 3.35. The molecule has 0 aliphatic carbocycles. The number of thioether (sulfide) groups is 1. The van der Waals surface area contributed by atoms with E-state index in [-0.39, 0.29) is 5.82 Å². The van der Waals surface area contributed by atoms with E-state index in [1.807, 2.05) is 17.8 Å². The molecule has 0 bridgehead atoms. The topological polar surface area (TPSA) is 12.0 Å². The summed E-state index contributed by atoms with van der Waals surface area (Å²) in [5, 5.41) is 4.15. The van der Waals surface area contributed by atoms with E-state index in [4.69, 9.17) is 11.6 Å². The molecule has 1 nitrogen and oxygen atoms in total. The lowest BCUT2D eigenvalue weighted by Crippen LogP contribution is -2.36. The molecule has 1 aliphatic rings. The third-order valence-corrected chi connectivity index (χ3v) is 4.96. The van der Waals surface area contributed by atoms with Crippen LogP contribution >= 0.6 is 23.4 Å². The van der Waals surface area contributed by atoms with Gasteiger partial charge in [-0.1, -0.05) is 24.6 Å². The summed E-state index contributed by atoms with van der Waals surface area (Å²) in [6.45, 7) is 3.25. The van der Waals surface area contributed by atoms with E-state index >= 15 is 0 Å². The standard InChI is InChI=1S/C14H19ClFNS/c1-2-5-17-14-9-18-8-11(14)6-10-3-4-12(16)7-13(10)15/h3-4,7,11,14,17H,2,5-6,8-9H2,1H3. The average molecular weight is 288 g/mol. The fourth-order valence-corrected chi connectivity index (χ4v) is 4.00. The highest BCUT2D eigenvalue weighted by atomic mass is 35.5. The van der Waals surface area contributed by atoms with Gasteiger partial charge in [0.2, 0.25) is 0 Å². The summed E-state index contributed by atoms with van der Waals surface area (Å²) in [7, 11) is 0. The van der Waals surface area contributed by atoms with Gasteiger partial charge in [0, 0.05) is 16.8 Å². The van der Waals surface area contributed by atoms with Gasteiger partial charge in [0.1, 0.15) is 5.82 Å². The van der Waals surface area contributed by atoms with Crippen LogP contribution in [0.2, 0.25) is 5.02 Å². The summed E-state index contributed by atoms with van der Waals surface area (Å²) in [4.78, 5) is 0. The van der Waals surface area contributed by atoms with Crippen molar-refractivity contribution in [2.24, 2.45) is 5.92 Å². The summed E-state index contributed by atoms with van der Waals surface area (Å²) in [5.41, 5.74) is 1.06. The monoisotopic (exact) mass is 287 g/mol. The normalized spacial score (nSPS) is 23.5. The zero-order chi connectivity index (χ0) is 13.0. The largest absolute Gasteiger partial charge is 0.313 e. The molecule has 1 fully saturated rings. The van der Waals surface area contributed by atoms with Crippen molar-refractivity contribution in [3.8, 4) is 0 Å². The fourth-order valence-electron chi connectivity index (χ4n) is 2.32. The van der Waals surface area contributed by atoms with Crippen molar-refractivity contribution in [3.63, 3.8) is 0 Å². The average Bonchev–Trinajstić information content (AvgIpc) is 2.77. The molecule has 0 radical (unpaired) electrons. The van der Waals surface area contributed by atoms with Gasteiger partial charge < -0.3 is 5.32 Å². The van der Waals surface area contributed by atoms with Gasteiger partial charge in [-0.2, -0.15) is 11.8 Å². The maximum atomic E-state index is 13.0. The molecule has 1 aromatic carbocycles. The van der Waals surface area contributed by atoms with E-state index < -0.39 is 0 Å². The highest BCUT2D eigenvalue weighted by Crippen LogP contribution is 2.29. The van der Waals surface area contributed by atoms with Gasteiger partial charge >= 0.3 is 0 Å². The van der Waals surface area contributed by atoms with Crippen molar-refractivity contribution >= 4 is 23.4 Å². The van der Waals surface area contributed by atoms with E-state index in [0.29, 0.717) is 17.0 Å². The molecule has 1 N–H and O–H groups in total. The maximum absolute atomic E-state index is 13.0. The minimum absolute atomic E-state index is 0.259. The molecule has 2 atom stereocenters. The second-order valence-corrected chi connectivity index (χ2v) is 6.28. The first kappa shape index (κ1) is 14.2. The fraction of sp³-hybridized carbons (Fsp3) is 0.571. The zero-order valence-corrected chi connectivity index (χ0v) is 12.2. The Morgan fingerprint density at radius 2 is 2.28 bits per heavy atom. The van der Waals surface area contributed by atoms with Gasteiger partial charge in [0.15, 0.2) is 0 Å². The molecule has 0 saturated carbocycles. The first-order valence-electron chi connectivity index (χ1n) is 6.45. The van der Waals surface area contributed by atoms with E-state index in [1.54, 1.807) is 0 Å². The molecule has 18 heavy (non-hydrogen) atoms. The minimum atomic E-state index is -0.259. The van der Waals surface area contributed by atoms with Crippen molar-refractivity contribution in [3.05, 3.63) is 34.6 Å². The first-order chi connectivity index (χ1) is 8.70.